The van der Waals surface area contributed by atoms with Crippen molar-refractivity contribution < 1.29 is 72.9 Å². The molecule has 3 unspecified atom stereocenters. The summed E-state index contributed by atoms with van der Waals surface area (Å²) in [6.07, 6.45) is 1.59. The van der Waals surface area contributed by atoms with E-state index < -0.39 is 78.6 Å². The summed E-state index contributed by atoms with van der Waals surface area (Å²) in [4.78, 5) is 103. The zero-order chi connectivity index (χ0) is 70.4. The van der Waals surface area contributed by atoms with E-state index in [1.165, 1.54) is 41.6 Å². The molecule has 0 saturated carbocycles. The number of Topliss-reactive ketones (excluding diaryl/α,β-unsaturated/α-hetero) is 2. The normalized spacial score (nSPS) is 21.4. The number of nitrogens with zero attached hydrogens (tertiary/aromatic N) is 8. The number of methoxy groups -OCH3 is 3. The molecule has 0 radical (unpaired) electrons. The molecule has 29 heteroatoms. The van der Waals surface area contributed by atoms with E-state index in [2.05, 4.69) is 51.2 Å². The summed E-state index contributed by atoms with van der Waals surface area (Å²) in [5.74, 6) is 0.266. The van der Waals surface area contributed by atoms with Crippen LogP contribution in [0.15, 0.2) is 96.1 Å². The van der Waals surface area contributed by atoms with Crippen LogP contribution in [0.25, 0.3) is 22.3 Å². The number of hydrogen-bond donors (Lipinski definition) is 10. The Hall–Kier alpha value is -9.00. The number of aromatic nitrogens is 8. The van der Waals surface area contributed by atoms with Gasteiger partial charge in [0.05, 0.1) is 46.2 Å². The number of ether oxygens (including phenoxy) is 5. The summed E-state index contributed by atoms with van der Waals surface area (Å²) in [5.41, 5.74) is 15.7. The minimum absolute atomic E-state index is 0. The molecule has 6 heterocycles. The van der Waals surface area contributed by atoms with Crippen molar-refractivity contribution >= 4 is 69.3 Å². The molecular weight excluding hydrogens is 1260 g/mol. The van der Waals surface area contributed by atoms with E-state index in [1.807, 2.05) is 62.4 Å². The molecule has 12 N–H and O–H groups in total. The maximum absolute atomic E-state index is 13.7. The third kappa shape index (κ3) is 18.2. The number of allylic oxidation sites excluding steroid dienone is 4. The lowest BCUT2D eigenvalue weighted by Gasteiger charge is -2.32. The van der Waals surface area contributed by atoms with Crippen molar-refractivity contribution in [1.29, 1.82) is 0 Å². The Labute approximate surface area is 569 Å². The fourth-order valence-corrected chi connectivity index (χ4v) is 12.7. The second kappa shape index (κ2) is 34.5. The van der Waals surface area contributed by atoms with Gasteiger partial charge in [-0.25, -0.2) is 34.7 Å². The lowest BCUT2D eigenvalue weighted by atomic mass is 9.71. The first-order valence-electron chi connectivity index (χ1n) is 32.7. The first-order valence-corrected chi connectivity index (χ1v) is 32.7. The van der Waals surface area contributed by atoms with E-state index in [9.17, 15) is 49.2 Å². The number of rotatable bonds is 29. The number of hydrogen-bond acceptors (Lipinski definition) is 23. The third-order valence-corrected chi connectivity index (χ3v) is 18.7. The van der Waals surface area contributed by atoms with Crippen molar-refractivity contribution in [3.8, 4) is 11.5 Å². The number of aliphatic hydroxyl groups excluding tert-OH is 4. The van der Waals surface area contributed by atoms with E-state index in [4.69, 9.17) is 35.2 Å². The summed E-state index contributed by atoms with van der Waals surface area (Å²) in [6.45, 7) is 13.1. The fraction of sp³-hybridized carbons (Fsp3) is 0.536. The summed E-state index contributed by atoms with van der Waals surface area (Å²) in [6, 6.07) is 13.4. The number of benzene rings is 2. The van der Waals surface area contributed by atoms with Gasteiger partial charge < -0.3 is 76.8 Å². The van der Waals surface area contributed by atoms with Crippen LogP contribution < -0.4 is 42.2 Å². The Morgan fingerprint density at radius 3 is 1.42 bits per heavy atom. The van der Waals surface area contributed by atoms with Crippen molar-refractivity contribution in [3.05, 3.63) is 107 Å². The van der Waals surface area contributed by atoms with Crippen molar-refractivity contribution in [2.24, 2.45) is 17.3 Å². The minimum Gasteiger partial charge on any atom is -0.497 e. The standard InChI is InChI=1S/C40H53N7O8.C28H39N7O7.CH4/c1-8-24(17-28-34(51)35(52)39(55-28)47-20-45-31-36(41)43-19-44-37(31)47)11-14-27(38(53)42-16-15-25-9-12-26(54-7)13-10-25)46-29(48)18-40(5,6)30-23(4)32(49)21(2)22(3)33(30)50;1-4-16(13-20-22(36)23(37)27(42-20)35-15-33-21-24(29)31-14-32-25(21)35)7-10-19(34-28(39)41-3)26(38)30-12-11-17-5-8-18(40-2)9-6-17;/h9-10,12-13,19-20,24,27-28,34-35,39,51-52H,8,11,14-18H2,1-7H3,(H,42,53)(H,46,48)(H2,41,43,44);5-6,8-9,14-16,19-20,22-23,27,36-37H,4,7,10-13H2,1-3H3,(H,30,38)(H,34,39)(H2,29,31,32);1H4/t24-,27-,28+,34?,35-,39+;16-,19?,20+,22?,23-,27+;/m00./s1. The van der Waals surface area contributed by atoms with Crippen LogP contribution in [-0.2, 0) is 51.0 Å². The van der Waals surface area contributed by atoms with Crippen LogP contribution in [0.4, 0.5) is 16.4 Å². The molecule has 98 heavy (non-hydrogen) atoms. The average Bonchev–Trinajstić information content (AvgIpc) is 1.06. The summed E-state index contributed by atoms with van der Waals surface area (Å²) in [5, 5.41) is 55.1. The van der Waals surface area contributed by atoms with Gasteiger partial charge in [-0.2, -0.15) is 0 Å². The van der Waals surface area contributed by atoms with Crippen molar-refractivity contribution in [1.82, 2.24) is 60.3 Å². The van der Waals surface area contributed by atoms with Crippen LogP contribution in [0.5, 0.6) is 11.5 Å². The molecule has 4 amide bonds. The van der Waals surface area contributed by atoms with Crippen LogP contribution in [0, 0.1) is 17.3 Å². The Balaban J connectivity index is 0.000000283. The number of alkyl carbamates (subject to hydrolysis) is 1. The summed E-state index contributed by atoms with van der Waals surface area (Å²) in [7, 11) is 4.44. The molecule has 4 aromatic heterocycles. The maximum Gasteiger partial charge on any atom is 0.407 e. The maximum atomic E-state index is 13.7. The molecule has 1 aliphatic carbocycles. The number of carbonyl (C=O) groups is 6. The molecule has 0 spiro atoms. The smallest absolute Gasteiger partial charge is 0.407 e. The van der Waals surface area contributed by atoms with Gasteiger partial charge in [0.15, 0.2) is 47.0 Å². The number of nitrogens with two attached hydrogens (primary N) is 2. The largest absolute Gasteiger partial charge is 0.497 e. The van der Waals surface area contributed by atoms with E-state index >= 15 is 0 Å². The van der Waals surface area contributed by atoms with E-state index in [0.29, 0.717) is 109 Å². The van der Waals surface area contributed by atoms with Crippen LogP contribution in [0.1, 0.15) is 137 Å². The number of carbonyl (C=O) groups excluding carboxylic acids is 6. The van der Waals surface area contributed by atoms with Crippen LogP contribution >= 0.6 is 0 Å². The molecule has 6 aromatic rings. The number of anilines is 2. The third-order valence-electron chi connectivity index (χ3n) is 18.7. The van der Waals surface area contributed by atoms with E-state index in [1.54, 1.807) is 48.8 Å². The number of amides is 4. The highest BCUT2D eigenvalue weighted by molar-refractivity contribution is 6.25. The van der Waals surface area contributed by atoms with Gasteiger partial charge in [0.2, 0.25) is 17.7 Å². The SMILES string of the molecule is C.CC[C@@H](CCC(NC(=O)OC)C(=O)NCCc1ccc(OC)cc1)C[C@H]1O[C@@H](n2cnc3c(N)ncnc32)[C@@H](O)C1O.CC[C@@H](CC[C@H](NC(=O)CC(C)(C)C1=C(C)C(=O)C(C)=C(C)C1=O)C(=O)NCCc1ccc(OC)cc1)C[C@H]1O[C@@H](n2cnc3c(N)ncnc32)[C@@H](O)C1O. The van der Waals surface area contributed by atoms with Gasteiger partial charge in [-0.1, -0.05) is 72.2 Å². The monoisotopic (exact) mass is 1360 g/mol. The second-order valence-electron chi connectivity index (χ2n) is 25.5. The van der Waals surface area contributed by atoms with Crippen LogP contribution in [0.3, 0.4) is 0 Å². The first kappa shape index (κ1) is 76.4. The van der Waals surface area contributed by atoms with E-state index in [0.717, 1.165) is 29.0 Å². The summed E-state index contributed by atoms with van der Waals surface area (Å²) < 4.78 is 30.5. The fourth-order valence-electron chi connectivity index (χ4n) is 12.7. The second-order valence-corrected chi connectivity index (χ2v) is 25.5. The Bertz CT molecular complexity index is 3800. The first-order chi connectivity index (χ1) is 46.3. The number of nitrogen functional groups attached to an aromatic ring is 2. The number of imidazole rings is 2. The van der Waals surface area contributed by atoms with Crippen LogP contribution in [0.2, 0.25) is 0 Å². The number of aliphatic hydroxyl groups is 4. The molecule has 2 aliphatic heterocycles. The average molecular weight is 1360 g/mol. The molecule has 0 bridgehead atoms. The molecule has 532 valence electrons. The van der Waals surface area contributed by atoms with Gasteiger partial charge in [-0.05, 0) is 119 Å². The van der Waals surface area contributed by atoms with Crippen LogP contribution in [-0.4, -0.2) is 178 Å². The topological polar surface area (TPSA) is 417 Å². The van der Waals surface area contributed by atoms with E-state index in [-0.39, 0.29) is 67.1 Å². The van der Waals surface area contributed by atoms with Crippen molar-refractivity contribution in [2.75, 3.05) is 45.9 Å². The zero-order valence-electron chi connectivity index (χ0n) is 56.6. The highest BCUT2D eigenvalue weighted by Crippen LogP contribution is 2.41. The highest BCUT2D eigenvalue weighted by atomic mass is 16.6. The van der Waals surface area contributed by atoms with Gasteiger partial charge >= 0.3 is 6.09 Å². The van der Waals surface area contributed by atoms with Gasteiger partial charge in [0, 0.05) is 47.2 Å². The lowest BCUT2D eigenvalue weighted by Crippen LogP contribution is -2.48. The predicted molar refractivity (Wildman–Crippen MR) is 363 cm³/mol. The molecule has 3 aliphatic rings. The zero-order valence-corrected chi connectivity index (χ0v) is 56.6. The molecular formula is C69H96N14O15. The molecule has 2 saturated heterocycles. The highest BCUT2D eigenvalue weighted by Gasteiger charge is 2.47. The summed E-state index contributed by atoms with van der Waals surface area (Å²) >= 11 is 0. The molecule has 2 aromatic carbocycles. The quantitative estimate of drug-likeness (QED) is 0.0268. The van der Waals surface area contributed by atoms with Crippen molar-refractivity contribution in [3.63, 3.8) is 0 Å². The number of nitrogens with one attached hydrogen (secondary N) is 4. The number of fused-ring (bicyclic) bond motifs is 2. The molecule has 29 nitrogen and oxygen atoms in total. The Morgan fingerprint density at radius 2 is 1.01 bits per heavy atom. The van der Waals surface area contributed by atoms with Gasteiger partial charge in [-0.15, -0.1) is 0 Å². The van der Waals surface area contributed by atoms with Gasteiger partial charge in [0.1, 0.15) is 71.7 Å². The minimum atomic E-state index is -1.27. The van der Waals surface area contributed by atoms with Gasteiger partial charge in [-0.3, -0.25) is 33.1 Å². The Kier molecular flexibility index (Phi) is 26.9. The van der Waals surface area contributed by atoms with Gasteiger partial charge in [0.25, 0.3) is 0 Å². The molecule has 2 fully saturated rings. The number of ketones is 2. The molecule has 12 atom stereocenters. The predicted octanol–water partition coefficient (Wildman–Crippen LogP) is 5.25. The lowest BCUT2D eigenvalue weighted by molar-refractivity contribution is -0.130. The Morgan fingerprint density at radius 1 is 0.592 bits per heavy atom. The van der Waals surface area contributed by atoms with Crippen molar-refractivity contribution in [2.45, 2.75) is 188 Å². The molecule has 9 rings (SSSR count).